The Balaban J connectivity index is 3.38. The van der Waals surface area contributed by atoms with Crippen molar-refractivity contribution in [2.24, 2.45) is 0 Å². The van der Waals surface area contributed by atoms with E-state index >= 15 is 0 Å². The number of carbonyl (C=O) groups is 2. The molecular formula is C13H13BrF2O3. The number of rotatable bonds is 5. The number of ether oxygens (including phenoxy) is 1. The molecule has 0 aliphatic heterocycles. The van der Waals surface area contributed by atoms with Crippen molar-refractivity contribution in [3.05, 3.63) is 34.9 Å². The molecule has 1 atom stereocenters. The Morgan fingerprint density at radius 3 is 2.37 bits per heavy atom. The molecule has 0 bridgehead atoms. The van der Waals surface area contributed by atoms with Gasteiger partial charge in [0, 0.05) is 11.1 Å². The van der Waals surface area contributed by atoms with Crippen LogP contribution in [0.1, 0.15) is 46.6 Å². The summed E-state index contributed by atoms with van der Waals surface area (Å²) < 4.78 is 31.0. The van der Waals surface area contributed by atoms with Gasteiger partial charge >= 0.3 is 5.97 Å². The molecule has 3 nitrogen and oxygen atoms in total. The lowest BCUT2D eigenvalue weighted by Gasteiger charge is -2.13. The Hall–Kier alpha value is -1.30. The summed E-state index contributed by atoms with van der Waals surface area (Å²) in [7, 11) is 0. The molecule has 0 saturated heterocycles. The van der Waals surface area contributed by atoms with Gasteiger partial charge in [-0.2, -0.15) is 0 Å². The predicted octanol–water partition coefficient (Wildman–Crippen LogP) is 3.77. The largest absolute Gasteiger partial charge is 0.462 e. The van der Waals surface area contributed by atoms with Crippen LogP contribution in [0.2, 0.25) is 0 Å². The molecular weight excluding hydrogens is 322 g/mol. The summed E-state index contributed by atoms with van der Waals surface area (Å²) in [6.45, 7) is 3.19. The molecule has 1 aromatic rings. The van der Waals surface area contributed by atoms with Crippen LogP contribution in [0.15, 0.2) is 18.2 Å². The van der Waals surface area contributed by atoms with Crippen molar-refractivity contribution in [2.45, 2.75) is 25.1 Å². The topological polar surface area (TPSA) is 43.4 Å². The number of hydrogen-bond donors (Lipinski definition) is 0. The third kappa shape index (κ3) is 3.59. The highest BCUT2D eigenvalue weighted by molar-refractivity contribution is 9.10. The van der Waals surface area contributed by atoms with Crippen LogP contribution in [0.3, 0.4) is 0 Å². The van der Waals surface area contributed by atoms with Crippen LogP contribution in [0.25, 0.3) is 0 Å². The minimum Gasteiger partial charge on any atom is -0.462 e. The lowest BCUT2D eigenvalue weighted by molar-refractivity contribution is 0.0515. The molecule has 0 radical (unpaired) electrons. The molecule has 0 aliphatic carbocycles. The van der Waals surface area contributed by atoms with Gasteiger partial charge in [0.15, 0.2) is 5.78 Å². The smallest absolute Gasteiger partial charge is 0.338 e. The second-order valence-electron chi connectivity index (χ2n) is 3.77. The van der Waals surface area contributed by atoms with Crippen molar-refractivity contribution in [1.82, 2.24) is 0 Å². The summed E-state index contributed by atoms with van der Waals surface area (Å²) in [5, 5.41) is 0. The van der Waals surface area contributed by atoms with Crippen LogP contribution in [-0.2, 0) is 4.74 Å². The van der Waals surface area contributed by atoms with Crippen molar-refractivity contribution < 1.29 is 23.1 Å². The fraction of sp³-hybridized carbons (Fsp3) is 0.385. The van der Waals surface area contributed by atoms with Crippen molar-refractivity contribution >= 4 is 27.7 Å². The predicted molar refractivity (Wildman–Crippen MR) is 70.1 cm³/mol. The number of ketones is 1. The van der Waals surface area contributed by atoms with Crippen molar-refractivity contribution in [2.75, 3.05) is 6.61 Å². The maximum atomic E-state index is 13.1. The van der Waals surface area contributed by atoms with Gasteiger partial charge in [-0.25, -0.2) is 13.6 Å². The lowest BCUT2D eigenvalue weighted by Crippen LogP contribution is -2.17. The SMILES string of the molecule is CCOC(=O)c1cccc(C(=O)C(C)Br)c1C(F)F. The fourth-order valence-corrected chi connectivity index (χ4v) is 1.86. The summed E-state index contributed by atoms with van der Waals surface area (Å²) in [6, 6.07) is 3.90. The number of carbonyl (C=O) groups excluding carboxylic acids is 2. The molecule has 0 amide bonds. The zero-order chi connectivity index (χ0) is 14.6. The molecule has 1 aromatic carbocycles. The Kier molecular flexibility index (Phi) is 5.60. The van der Waals surface area contributed by atoms with Gasteiger partial charge < -0.3 is 4.74 Å². The molecule has 0 spiro atoms. The van der Waals surface area contributed by atoms with Crippen molar-refractivity contribution in [3.8, 4) is 0 Å². The Morgan fingerprint density at radius 2 is 1.89 bits per heavy atom. The minimum atomic E-state index is -2.93. The molecule has 0 aliphatic rings. The first-order chi connectivity index (χ1) is 8.90. The number of hydrogen-bond acceptors (Lipinski definition) is 3. The highest BCUT2D eigenvalue weighted by Crippen LogP contribution is 2.29. The average Bonchev–Trinajstić information content (AvgIpc) is 2.36. The number of alkyl halides is 3. The molecule has 0 fully saturated rings. The third-order valence-electron chi connectivity index (χ3n) is 2.45. The van der Waals surface area contributed by atoms with E-state index in [0.717, 1.165) is 0 Å². The van der Waals surface area contributed by atoms with Crippen LogP contribution in [0.4, 0.5) is 8.78 Å². The van der Waals surface area contributed by atoms with Gasteiger partial charge in [-0.1, -0.05) is 28.1 Å². The zero-order valence-electron chi connectivity index (χ0n) is 10.5. The summed E-state index contributed by atoms with van der Waals surface area (Å²) in [6.07, 6.45) is -2.93. The molecule has 1 unspecified atom stereocenters. The van der Waals surface area contributed by atoms with Crippen LogP contribution in [0.5, 0.6) is 0 Å². The molecule has 0 saturated carbocycles. The highest BCUT2D eigenvalue weighted by atomic mass is 79.9. The van der Waals surface area contributed by atoms with Crippen LogP contribution >= 0.6 is 15.9 Å². The van der Waals surface area contributed by atoms with E-state index in [1.54, 1.807) is 6.92 Å². The Labute approximate surface area is 118 Å². The minimum absolute atomic E-state index is 0.0779. The number of esters is 1. The maximum absolute atomic E-state index is 13.1. The Bertz CT molecular complexity index is 487. The van der Waals surface area contributed by atoms with Gasteiger partial charge in [0.05, 0.1) is 17.0 Å². The van der Waals surface area contributed by atoms with Gasteiger partial charge in [0.1, 0.15) is 0 Å². The fourth-order valence-electron chi connectivity index (χ4n) is 1.62. The number of Topliss-reactive ketones (excluding diaryl/α,β-unsaturated/α-hetero) is 1. The second kappa shape index (κ2) is 6.75. The van der Waals surface area contributed by atoms with E-state index in [1.165, 1.54) is 25.1 Å². The first-order valence-corrected chi connectivity index (χ1v) is 6.58. The molecule has 6 heteroatoms. The quantitative estimate of drug-likeness (QED) is 0.467. The van der Waals surface area contributed by atoms with E-state index in [0.29, 0.717) is 0 Å². The summed E-state index contributed by atoms with van der Waals surface area (Å²) >= 11 is 3.04. The molecule has 19 heavy (non-hydrogen) atoms. The van der Waals surface area contributed by atoms with Crippen LogP contribution in [-0.4, -0.2) is 23.2 Å². The first kappa shape index (κ1) is 15.8. The highest BCUT2D eigenvalue weighted by Gasteiger charge is 2.27. The van der Waals surface area contributed by atoms with Gasteiger partial charge in [-0.05, 0) is 19.9 Å². The van der Waals surface area contributed by atoms with Gasteiger partial charge in [0.2, 0.25) is 0 Å². The summed E-state index contributed by atoms with van der Waals surface area (Å²) in [5.41, 5.74) is -1.00. The monoisotopic (exact) mass is 334 g/mol. The zero-order valence-corrected chi connectivity index (χ0v) is 12.0. The molecule has 0 aromatic heterocycles. The molecule has 104 valence electrons. The van der Waals surface area contributed by atoms with Crippen molar-refractivity contribution in [3.63, 3.8) is 0 Å². The van der Waals surface area contributed by atoms with E-state index in [2.05, 4.69) is 15.9 Å². The average molecular weight is 335 g/mol. The van der Waals surface area contributed by atoms with E-state index in [1.807, 2.05) is 0 Å². The van der Waals surface area contributed by atoms with Gasteiger partial charge in [0.25, 0.3) is 6.43 Å². The van der Waals surface area contributed by atoms with E-state index in [4.69, 9.17) is 4.74 Å². The lowest BCUT2D eigenvalue weighted by atomic mass is 9.97. The second-order valence-corrected chi connectivity index (χ2v) is 5.14. The third-order valence-corrected chi connectivity index (χ3v) is 2.86. The van der Waals surface area contributed by atoms with E-state index < -0.39 is 28.6 Å². The maximum Gasteiger partial charge on any atom is 0.338 e. The van der Waals surface area contributed by atoms with Crippen LogP contribution in [0, 0.1) is 0 Å². The van der Waals surface area contributed by atoms with E-state index in [9.17, 15) is 18.4 Å². The summed E-state index contributed by atoms with van der Waals surface area (Å²) in [5.74, 6) is -1.35. The van der Waals surface area contributed by atoms with E-state index in [-0.39, 0.29) is 17.7 Å². The number of halogens is 3. The van der Waals surface area contributed by atoms with Crippen molar-refractivity contribution in [1.29, 1.82) is 0 Å². The standard InChI is InChI=1S/C13H13BrF2O3/c1-3-19-13(18)9-6-4-5-8(10(9)12(15)16)11(17)7(2)14/h4-7,12H,3H2,1-2H3. The van der Waals surface area contributed by atoms with Crippen LogP contribution < -0.4 is 0 Å². The molecule has 0 heterocycles. The van der Waals surface area contributed by atoms with Gasteiger partial charge in [-0.15, -0.1) is 0 Å². The summed E-state index contributed by atoms with van der Waals surface area (Å²) in [4.78, 5) is 22.9. The molecule has 0 N–H and O–H groups in total. The Morgan fingerprint density at radius 1 is 1.32 bits per heavy atom. The normalized spacial score (nSPS) is 12.3. The number of benzene rings is 1. The van der Waals surface area contributed by atoms with Gasteiger partial charge in [-0.3, -0.25) is 4.79 Å². The molecule has 1 rings (SSSR count). The first-order valence-electron chi connectivity index (χ1n) is 5.66.